The van der Waals surface area contributed by atoms with Crippen molar-refractivity contribution in [1.82, 2.24) is 4.31 Å². The summed E-state index contributed by atoms with van der Waals surface area (Å²) in [7, 11) is -2.74. The van der Waals surface area contributed by atoms with E-state index in [1.165, 1.54) is 13.2 Å². The van der Waals surface area contributed by atoms with Gasteiger partial charge in [0.1, 0.15) is 5.75 Å². The van der Waals surface area contributed by atoms with Gasteiger partial charge in [0.15, 0.2) is 4.90 Å². The number of nitrogens with two attached hydrogens (primary N) is 1. The predicted octanol–water partition coefficient (Wildman–Crippen LogP) is -0.0909. The molecule has 0 spiro atoms. The number of hydrogen-bond acceptors (Lipinski definition) is 7. The lowest BCUT2D eigenvalue weighted by molar-refractivity contribution is -0.387. The van der Waals surface area contributed by atoms with Crippen LogP contribution in [0.1, 0.15) is 0 Å². The Labute approximate surface area is 121 Å². The van der Waals surface area contributed by atoms with E-state index in [1.807, 2.05) is 0 Å². The number of hydrogen-bond donors (Lipinski definition) is 1. The summed E-state index contributed by atoms with van der Waals surface area (Å²) < 4.78 is 36.1. The van der Waals surface area contributed by atoms with Crippen molar-refractivity contribution in [2.75, 3.05) is 26.9 Å². The lowest BCUT2D eigenvalue weighted by Gasteiger charge is -2.31. The molecular formula is C11H15N3O6S. The van der Waals surface area contributed by atoms with Gasteiger partial charge in [0.2, 0.25) is 0 Å². The molecule has 116 valence electrons. The molecule has 9 nitrogen and oxygen atoms in total. The van der Waals surface area contributed by atoms with Crippen molar-refractivity contribution >= 4 is 15.7 Å². The van der Waals surface area contributed by atoms with Crippen LogP contribution in [0.5, 0.6) is 5.75 Å². The minimum atomic E-state index is -4.08. The molecule has 0 aliphatic carbocycles. The summed E-state index contributed by atoms with van der Waals surface area (Å²) in [6.07, 6.45) is -0.870. The number of methoxy groups -OCH3 is 1. The third-order valence-electron chi connectivity index (χ3n) is 3.06. The number of ether oxygens (including phenoxy) is 2. The van der Waals surface area contributed by atoms with E-state index < -0.39 is 31.7 Å². The zero-order valence-electron chi connectivity index (χ0n) is 11.3. The lowest BCUT2D eigenvalue weighted by Crippen LogP contribution is -2.53. The Morgan fingerprint density at radius 1 is 1.52 bits per heavy atom. The van der Waals surface area contributed by atoms with Gasteiger partial charge in [-0.1, -0.05) is 0 Å². The van der Waals surface area contributed by atoms with Gasteiger partial charge in [-0.25, -0.2) is 8.42 Å². The van der Waals surface area contributed by atoms with Crippen LogP contribution in [0, 0.1) is 10.1 Å². The molecule has 1 unspecified atom stereocenters. The highest BCUT2D eigenvalue weighted by Gasteiger charge is 2.36. The van der Waals surface area contributed by atoms with E-state index in [9.17, 15) is 18.5 Å². The quantitative estimate of drug-likeness (QED) is 0.607. The van der Waals surface area contributed by atoms with Crippen LogP contribution >= 0.6 is 0 Å². The van der Waals surface area contributed by atoms with Crippen molar-refractivity contribution < 1.29 is 22.8 Å². The molecule has 1 atom stereocenters. The minimum Gasteiger partial charge on any atom is -0.497 e. The van der Waals surface area contributed by atoms with Crippen molar-refractivity contribution in [3.63, 3.8) is 0 Å². The zero-order valence-corrected chi connectivity index (χ0v) is 12.1. The molecule has 10 heteroatoms. The second-order valence-electron chi connectivity index (χ2n) is 4.35. The summed E-state index contributed by atoms with van der Waals surface area (Å²) in [6, 6.07) is 3.57. The van der Waals surface area contributed by atoms with Crippen molar-refractivity contribution in [2.24, 2.45) is 5.73 Å². The minimum absolute atomic E-state index is 0.0448. The predicted molar refractivity (Wildman–Crippen MR) is 72.3 cm³/mol. The van der Waals surface area contributed by atoms with Crippen LogP contribution in [-0.4, -0.2) is 50.7 Å². The van der Waals surface area contributed by atoms with Crippen LogP contribution in [0.4, 0.5) is 5.69 Å². The fourth-order valence-electron chi connectivity index (χ4n) is 2.02. The van der Waals surface area contributed by atoms with Crippen LogP contribution in [0.2, 0.25) is 0 Å². The molecule has 1 aliphatic rings. The van der Waals surface area contributed by atoms with E-state index in [0.717, 1.165) is 16.4 Å². The first kappa shape index (κ1) is 15.6. The van der Waals surface area contributed by atoms with Crippen molar-refractivity contribution in [2.45, 2.75) is 11.1 Å². The van der Waals surface area contributed by atoms with E-state index in [1.54, 1.807) is 0 Å². The number of benzene rings is 1. The van der Waals surface area contributed by atoms with Gasteiger partial charge < -0.3 is 15.2 Å². The molecule has 1 saturated heterocycles. The number of nitro benzene ring substituents is 1. The van der Waals surface area contributed by atoms with E-state index in [2.05, 4.69) is 0 Å². The SMILES string of the molecule is COc1ccc(S(=O)(=O)N2CCOCC2N)c([N+](=O)[O-])c1. The lowest BCUT2D eigenvalue weighted by atomic mass is 10.3. The van der Waals surface area contributed by atoms with E-state index >= 15 is 0 Å². The highest BCUT2D eigenvalue weighted by molar-refractivity contribution is 7.89. The molecule has 2 N–H and O–H groups in total. The number of nitrogens with zero attached hydrogens (tertiary/aromatic N) is 2. The van der Waals surface area contributed by atoms with Crippen LogP contribution in [0.3, 0.4) is 0 Å². The molecule has 1 fully saturated rings. The summed E-state index contributed by atoms with van der Waals surface area (Å²) in [5, 5.41) is 11.1. The molecule has 1 heterocycles. The second kappa shape index (κ2) is 5.93. The molecule has 0 saturated carbocycles. The molecule has 2 rings (SSSR count). The van der Waals surface area contributed by atoms with Gasteiger partial charge in [-0.2, -0.15) is 4.31 Å². The van der Waals surface area contributed by atoms with Crippen LogP contribution in [-0.2, 0) is 14.8 Å². The van der Waals surface area contributed by atoms with Crippen molar-refractivity contribution in [3.8, 4) is 5.75 Å². The molecule has 0 radical (unpaired) electrons. The highest BCUT2D eigenvalue weighted by Crippen LogP contribution is 2.31. The van der Waals surface area contributed by atoms with Crippen LogP contribution in [0.25, 0.3) is 0 Å². The molecular weight excluding hydrogens is 302 g/mol. The van der Waals surface area contributed by atoms with Gasteiger partial charge in [-0.3, -0.25) is 10.1 Å². The third-order valence-corrected chi connectivity index (χ3v) is 5.04. The smallest absolute Gasteiger partial charge is 0.293 e. The van der Waals surface area contributed by atoms with E-state index in [-0.39, 0.29) is 25.5 Å². The van der Waals surface area contributed by atoms with Crippen LogP contribution in [0.15, 0.2) is 23.1 Å². The summed E-state index contributed by atoms with van der Waals surface area (Å²) in [6.45, 7) is 0.284. The van der Waals surface area contributed by atoms with Gasteiger partial charge in [0.25, 0.3) is 15.7 Å². The standard InChI is InChI=1S/C11H15N3O6S/c1-19-8-2-3-10(9(6-8)14(15)16)21(17,18)13-4-5-20-7-11(13)12/h2-3,6,11H,4-5,7,12H2,1H3. The van der Waals surface area contributed by atoms with Gasteiger partial charge in [0.05, 0.1) is 37.5 Å². The average molecular weight is 317 g/mol. The van der Waals surface area contributed by atoms with Crippen LogP contribution < -0.4 is 10.5 Å². The first-order valence-corrected chi connectivity index (χ1v) is 7.49. The first-order chi connectivity index (χ1) is 9.87. The van der Waals surface area contributed by atoms with Gasteiger partial charge in [-0.15, -0.1) is 0 Å². The molecule has 0 amide bonds. The Bertz CT molecular complexity index is 647. The number of nitro groups is 1. The number of morpholine rings is 1. The van der Waals surface area contributed by atoms with E-state index in [0.29, 0.717) is 0 Å². The summed E-state index contributed by atoms with van der Waals surface area (Å²) >= 11 is 0. The van der Waals surface area contributed by atoms with Gasteiger partial charge in [-0.05, 0) is 12.1 Å². The molecule has 1 aromatic carbocycles. The van der Waals surface area contributed by atoms with Crippen molar-refractivity contribution in [3.05, 3.63) is 28.3 Å². The third kappa shape index (κ3) is 2.97. The maximum absolute atomic E-state index is 12.6. The first-order valence-electron chi connectivity index (χ1n) is 6.05. The number of rotatable bonds is 4. The fourth-order valence-corrected chi connectivity index (χ4v) is 3.64. The van der Waals surface area contributed by atoms with Crippen molar-refractivity contribution in [1.29, 1.82) is 0 Å². The monoisotopic (exact) mass is 317 g/mol. The maximum atomic E-state index is 12.6. The molecule has 21 heavy (non-hydrogen) atoms. The Balaban J connectivity index is 2.51. The Hall–Kier alpha value is -1.75. The van der Waals surface area contributed by atoms with Gasteiger partial charge >= 0.3 is 0 Å². The fraction of sp³-hybridized carbons (Fsp3) is 0.455. The summed E-state index contributed by atoms with van der Waals surface area (Å²) in [4.78, 5) is 9.94. The zero-order chi connectivity index (χ0) is 15.6. The Morgan fingerprint density at radius 2 is 2.24 bits per heavy atom. The largest absolute Gasteiger partial charge is 0.497 e. The summed E-state index contributed by atoms with van der Waals surface area (Å²) in [5.74, 6) is 0.201. The molecule has 0 aromatic heterocycles. The van der Waals surface area contributed by atoms with Gasteiger partial charge in [0, 0.05) is 6.54 Å². The number of sulfonamides is 1. The Morgan fingerprint density at radius 3 is 2.81 bits per heavy atom. The molecule has 1 aromatic rings. The average Bonchev–Trinajstić information content (AvgIpc) is 2.46. The molecule has 0 bridgehead atoms. The topological polar surface area (TPSA) is 125 Å². The Kier molecular flexibility index (Phi) is 4.42. The second-order valence-corrected chi connectivity index (χ2v) is 6.21. The van der Waals surface area contributed by atoms with E-state index in [4.69, 9.17) is 15.2 Å². The summed E-state index contributed by atoms with van der Waals surface area (Å²) in [5.41, 5.74) is 5.16. The highest BCUT2D eigenvalue weighted by atomic mass is 32.2. The molecule has 1 aliphatic heterocycles. The maximum Gasteiger partial charge on any atom is 0.293 e. The normalized spacial score (nSPS) is 20.2.